The second-order valence-electron chi connectivity index (χ2n) is 4.15. The van der Waals surface area contributed by atoms with Crippen molar-refractivity contribution in [3.05, 3.63) is 29.8 Å². The highest BCUT2D eigenvalue weighted by Crippen LogP contribution is 2.03. The molecule has 0 radical (unpaired) electrons. The van der Waals surface area contributed by atoms with E-state index in [2.05, 4.69) is 6.92 Å². The lowest BCUT2D eigenvalue weighted by Gasteiger charge is -2.08. The van der Waals surface area contributed by atoms with Crippen molar-refractivity contribution in [2.75, 3.05) is 13.2 Å². The first kappa shape index (κ1) is 14.2. The molecule has 0 bridgehead atoms. The molecule has 0 aliphatic rings. The lowest BCUT2D eigenvalue weighted by atomic mass is 9.79. The van der Waals surface area contributed by atoms with Crippen molar-refractivity contribution < 1.29 is 14.8 Å². The Balaban J connectivity index is 2.43. The van der Waals surface area contributed by atoms with E-state index in [1.165, 1.54) is 18.4 Å². The second-order valence-corrected chi connectivity index (χ2v) is 4.15. The fourth-order valence-electron chi connectivity index (χ4n) is 1.59. The SMILES string of the molecule is CCCCc1ccc(B(O)OCCCO)cc1. The van der Waals surface area contributed by atoms with Crippen LogP contribution in [0.5, 0.6) is 0 Å². The Morgan fingerprint density at radius 1 is 1.18 bits per heavy atom. The van der Waals surface area contributed by atoms with Gasteiger partial charge in [-0.15, -0.1) is 0 Å². The second kappa shape index (κ2) is 8.28. The van der Waals surface area contributed by atoms with E-state index < -0.39 is 7.12 Å². The van der Waals surface area contributed by atoms with Crippen molar-refractivity contribution in [1.82, 2.24) is 0 Å². The largest absolute Gasteiger partial charge is 0.491 e. The summed E-state index contributed by atoms with van der Waals surface area (Å²) in [4.78, 5) is 0. The molecule has 0 unspecified atom stereocenters. The van der Waals surface area contributed by atoms with E-state index in [1.54, 1.807) is 0 Å². The minimum atomic E-state index is -0.887. The van der Waals surface area contributed by atoms with E-state index in [9.17, 15) is 5.02 Å². The van der Waals surface area contributed by atoms with E-state index >= 15 is 0 Å². The van der Waals surface area contributed by atoms with Gasteiger partial charge >= 0.3 is 7.12 Å². The fraction of sp³-hybridized carbons (Fsp3) is 0.538. The summed E-state index contributed by atoms with van der Waals surface area (Å²) < 4.78 is 5.18. The van der Waals surface area contributed by atoms with Crippen molar-refractivity contribution in [3.8, 4) is 0 Å². The molecule has 0 aromatic heterocycles. The molecule has 0 atom stereocenters. The van der Waals surface area contributed by atoms with Gasteiger partial charge in [-0.05, 0) is 30.3 Å². The minimum Gasteiger partial charge on any atom is -0.423 e. The molecule has 1 rings (SSSR count). The third-order valence-electron chi connectivity index (χ3n) is 2.66. The molecule has 3 nitrogen and oxygen atoms in total. The lowest BCUT2D eigenvalue weighted by molar-refractivity contribution is 0.216. The summed E-state index contributed by atoms with van der Waals surface area (Å²) in [5.41, 5.74) is 2.06. The number of hydrogen-bond acceptors (Lipinski definition) is 3. The zero-order chi connectivity index (χ0) is 12.5. The predicted molar refractivity (Wildman–Crippen MR) is 70.3 cm³/mol. The maximum Gasteiger partial charge on any atom is 0.491 e. The Labute approximate surface area is 104 Å². The van der Waals surface area contributed by atoms with Gasteiger partial charge in [0, 0.05) is 13.2 Å². The molecule has 4 heteroatoms. The number of aryl methyl sites for hydroxylation is 1. The van der Waals surface area contributed by atoms with Gasteiger partial charge in [0.05, 0.1) is 0 Å². The van der Waals surface area contributed by atoms with Gasteiger partial charge in [0.15, 0.2) is 0 Å². The van der Waals surface area contributed by atoms with Crippen molar-refractivity contribution in [3.63, 3.8) is 0 Å². The zero-order valence-electron chi connectivity index (χ0n) is 10.4. The number of rotatable bonds is 8. The van der Waals surface area contributed by atoms with Gasteiger partial charge in [0.25, 0.3) is 0 Å². The van der Waals surface area contributed by atoms with Crippen LogP contribution in [0.4, 0.5) is 0 Å². The summed E-state index contributed by atoms with van der Waals surface area (Å²) in [5, 5.41) is 18.3. The van der Waals surface area contributed by atoms with Gasteiger partial charge in [-0.1, -0.05) is 37.6 Å². The van der Waals surface area contributed by atoms with Gasteiger partial charge < -0.3 is 14.8 Å². The standard InChI is InChI=1S/C13H21BO3/c1-2-3-5-12-6-8-13(9-7-12)14(16)17-11-4-10-15/h6-9,15-16H,2-5,10-11H2,1H3. The summed E-state index contributed by atoms with van der Waals surface area (Å²) in [5.74, 6) is 0. The van der Waals surface area contributed by atoms with Crippen LogP contribution in [0.1, 0.15) is 31.7 Å². The van der Waals surface area contributed by atoms with Crippen LogP contribution < -0.4 is 5.46 Å². The molecule has 0 fully saturated rings. The first-order chi connectivity index (χ1) is 8.27. The Hall–Kier alpha value is -0.835. The van der Waals surface area contributed by atoms with Crippen LogP contribution in [0.15, 0.2) is 24.3 Å². The third kappa shape index (κ3) is 5.35. The monoisotopic (exact) mass is 236 g/mol. The molecule has 17 heavy (non-hydrogen) atoms. The highest BCUT2D eigenvalue weighted by molar-refractivity contribution is 6.59. The number of benzene rings is 1. The molecule has 0 heterocycles. The maximum absolute atomic E-state index is 9.71. The van der Waals surface area contributed by atoms with Gasteiger partial charge in [0.2, 0.25) is 0 Å². The van der Waals surface area contributed by atoms with E-state index in [4.69, 9.17) is 9.76 Å². The molecule has 2 N–H and O–H groups in total. The van der Waals surface area contributed by atoms with E-state index in [-0.39, 0.29) is 6.61 Å². The van der Waals surface area contributed by atoms with Gasteiger partial charge in [-0.25, -0.2) is 0 Å². The number of aliphatic hydroxyl groups excluding tert-OH is 1. The molecule has 0 saturated carbocycles. The van der Waals surface area contributed by atoms with Crippen LogP contribution in [-0.2, 0) is 11.1 Å². The molecule has 94 valence electrons. The Morgan fingerprint density at radius 2 is 1.88 bits per heavy atom. The van der Waals surface area contributed by atoms with E-state index in [1.807, 2.05) is 24.3 Å². The Bertz CT molecular complexity index is 300. The fourth-order valence-corrected chi connectivity index (χ4v) is 1.59. The van der Waals surface area contributed by atoms with Crippen molar-refractivity contribution in [2.45, 2.75) is 32.6 Å². The molecule has 1 aromatic rings. The molecule has 0 aliphatic heterocycles. The molecule has 0 amide bonds. The number of aliphatic hydroxyl groups is 1. The average Bonchev–Trinajstić information content (AvgIpc) is 2.37. The summed E-state index contributed by atoms with van der Waals surface area (Å²) in [6, 6.07) is 7.86. The topological polar surface area (TPSA) is 49.7 Å². The summed E-state index contributed by atoms with van der Waals surface area (Å²) >= 11 is 0. The Kier molecular flexibility index (Phi) is 6.93. The van der Waals surface area contributed by atoms with Crippen molar-refractivity contribution in [1.29, 1.82) is 0 Å². The summed E-state index contributed by atoms with van der Waals surface area (Å²) in [6.07, 6.45) is 4.01. The number of hydrogen-bond donors (Lipinski definition) is 2. The third-order valence-corrected chi connectivity index (χ3v) is 2.66. The minimum absolute atomic E-state index is 0.0860. The van der Waals surface area contributed by atoms with E-state index in [0.717, 1.165) is 11.9 Å². The molecule has 1 aromatic carbocycles. The van der Waals surface area contributed by atoms with Gasteiger partial charge in [-0.2, -0.15) is 0 Å². The lowest BCUT2D eigenvalue weighted by Crippen LogP contribution is -2.34. The molecule has 0 spiro atoms. The van der Waals surface area contributed by atoms with Crippen LogP contribution in [-0.4, -0.2) is 30.5 Å². The molecular weight excluding hydrogens is 215 g/mol. The quantitative estimate of drug-likeness (QED) is 0.525. The first-order valence-electron chi connectivity index (χ1n) is 6.27. The highest BCUT2D eigenvalue weighted by Gasteiger charge is 2.15. The smallest absolute Gasteiger partial charge is 0.423 e. The average molecular weight is 236 g/mol. The van der Waals surface area contributed by atoms with Crippen LogP contribution in [0.25, 0.3) is 0 Å². The Morgan fingerprint density at radius 3 is 2.47 bits per heavy atom. The van der Waals surface area contributed by atoms with Crippen LogP contribution >= 0.6 is 0 Å². The molecule has 0 saturated heterocycles. The maximum atomic E-state index is 9.71. The van der Waals surface area contributed by atoms with E-state index in [0.29, 0.717) is 13.0 Å². The van der Waals surface area contributed by atoms with Gasteiger partial charge in [0.1, 0.15) is 0 Å². The van der Waals surface area contributed by atoms with Gasteiger partial charge in [-0.3, -0.25) is 0 Å². The number of unbranched alkanes of at least 4 members (excludes halogenated alkanes) is 1. The van der Waals surface area contributed by atoms with Crippen LogP contribution in [0.2, 0.25) is 0 Å². The van der Waals surface area contributed by atoms with Crippen molar-refractivity contribution in [2.24, 2.45) is 0 Å². The normalized spacial score (nSPS) is 10.5. The van der Waals surface area contributed by atoms with Crippen LogP contribution in [0.3, 0.4) is 0 Å². The highest BCUT2D eigenvalue weighted by atomic mass is 16.5. The van der Waals surface area contributed by atoms with Crippen molar-refractivity contribution >= 4 is 12.6 Å². The predicted octanol–water partition coefficient (Wildman–Crippen LogP) is 1.12. The summed E-state index contributed by atoms with van der Waals surface area (Å²) in [7, 11) is -0.887. The zero-order valence-corrected chi connectivity index (χ0v) is 10.4. The molecule has 0 aliphatic carbocycles. The molecular formula is C13H21BO3. The first-order valence-corrected chi connectivity index (χ1v) is 6.27. The van der Waals surface area contributed by atoms with Crippen LogP contribution in [0, 0.1) is 0 Å². The summed E-state index contributed by atoms with van der Waals surface area (Å²) in [6.45, 7) is 2.63.